The molecule has 9 nitrogen and oxygen atoms in total. The molecule has 0 radical (unpaired) electrons. The van der Waals surface area contributed by atoms with Gasteiger partial charge in [0.25, 0.3) is 0 Å². The fourth-order valence-corrected chi connectivity index (χ4v) is 4.75. The summed E-state index contributed by atoms with van der Waals surface area (Å²) in [5.41, 5.74) is 3.54. The van der Waals surface area contributed by atoms with E-state index >= 15 is 0 Å². The van der Waals surface area contributed by atoms with Crippen molar-refractivity contribution >= 4 is 46.9 Å². The van der Waals surface area contributed by atoms with Crippen molar-refractivity contribution < 1.29 is 18.8 Å². The summed E-state index contributed by atoms with van der Waals surface area (Å²) in [5.74, 6) is 2.18. The van der Waals surface area contributed by atoms with E-state index in [1.807, 2.05) is 42.5 Å². The molecule has 0 aliphatic carbocycles. The zero-order valence-electron chi connectivity index (χ0n) is 20.8. The maximum Gasteiger partial charge on any atom is 0.412 e. The molecule has 0 fully saturated rings. The van der Waals surface area contributed by atoms with Gasteiger partial charge in [0.1, 0.15) is 17.5 Å². The van der Waals surface area contributed by atoms with Gasteiger partial charge >= 0.3 is 6.09 Å². The molecular formula is C27H26ClN5O4S. The number of carbonyl (C=O) groups is 2. The van der Waals surface area contributed by atoms with Crippen LogP contribution in [-0.4, -0.2) is 33.1 Å². The molecule has 2 aromatic carbocycles. The van der Waals surface area contributed by atoms with Gasteiger partial charge in [0, 0.05) is 40.3 Å². The lowest BCUT2D eigenvalue weighted by Gasteiger charge is -2.15. The second-order valence-corrected chi connectivity index (χ2v) is 9.84. The van der Waals surface area contributed by atoms with Gasteiger partial charge in [0.05, 0.1) is 0 Å². The van der Waals surface area contributed by atoms with Gasteiger partial charge in [-0.3, -0.25) is 10.1 Å². The Morgan fingerprint density at radius 3 is 2.61 bits per heavy atom. The predicted octanol–water partition coefficient (Wildman–Crippen LogP) is 6.67. The van der Waals surface area contributed by atoms with Crippen molar-refractivity contribution in [2.75, 3.05) is 16.4 Å². The minimum absolute atomic E-state index is 0.103. The van der Waals surface area contributed by atoms with Crippen LogP contribution in [0.25, 0.3) is 11.3 Å². The van der Waals surface area contributed by atoms with Gasteiger partial charge < -0.3 is 14.6 Å². The Morgan fingerprint density at radius 1 is 1.08 bits per heavy atom. The molecule has 0 unspecified atom stereocenters. The van der Waals surface area contributed by atoms with Crippen molar-refractivity contribution in [2.24, 2.45) is 0 Å². The van der Waals surface area contributed by atoms with E-state index in [4.69, 9.17) is 20.9 Å². The number of carbonyl (C=O) groups excluding carboxylic acids is 2. The van der Waals surface area contributed by atoms with Crippen LogP contribution in [0.4, 0.5) is 16.3 Å². The molecule has 4 aromatic rings. The number of nitrogens with zero attached hydrogens (tertiary/aromatic N) is 3. The number of benzene rings is 2. The summed E-state index contributed by atoms with van der Waals surface area (Å²) in [5, 5.41) is 17.6. The van der Waals surface area contributed by atoms with Gasteiger partial charge in [-0.2, -0.15) is 16.9 Å². The van der Waals surface area contributed by atoms with Crippen molar-refractivity contribution in [3.63, 3.8) is 0 Å². The molecule has 2 amide bonds. The highest BCUT2D eigenvalue weighted by Gasteiger charge is 2.20. The number of nitrogens with one attached hydrogen (secondary N) is 2. The summed E-state index contributed by atoms with van der Waals surface area (Å²) in [7, 11) is 0. The van der Waals surface area contributed by atoms with Crippen molar-refractivity contribution in [3.8, 4) is 11.3 Å². The van der Waals surface area contributed by atoms with Gasteiger partial charge in [-0.15, -0.1) is 5.10 Å². The van der Waals surface area contributed by atoms with Gasteiger partial charge in [0.2, 0.25) is 5.91 Å². The van der Waals surface area contributed by atoms with Gasteiger partial charge in [0.15, 0.2) is 11.6 Å². The van der Waals surface area contributed by atoms with Crippen LogP contribution in [0.2, 0.25) is 5.02 Å². The van der Waals surface area contributed by atoms with Gasteiger partial charge in [-0.05, 0) is 37.6 Å². The number of aryl methyl sites for hydroxylation is 1. The van der Waals surface area contributed by atoms with E-state index in [0.717, 1.165) is 16.9 Å². The molecule has 2 aromatic heterocycles. The number of aromatic nitrogens is 3. The van der Waals surface area contributed by atoms with Gasteiger partial charge in [-0.25, -0.2) is 4.79 Å². The number of thioether (sulfide) groups is 1. The standard InChI is InChI=1S/C27H26ClN5O4S/c1-17-25(31-27(35)36-18(2)21-6-3-4-7-22(21)28)26(37-33-17)20-11-9-19(10-12-20)16-38-15-13-24(34)30-23-8-5-14-29-32-23/h3-12,14,18H,13,15-16H2,1-2H3,(H,31,35)(H,30,32,34)/t18-/m1/s1. The molecule has 4 rings (SSSR count). The van der Waals surface area contributed by atoms with Crippen molar-refractivity contribution in [3.05, 3.63) is 88.7 Å². The highest BCUT2D eigenvalue weighted by atomic mass is 35.5. The molecule has 2 N–H and O–H groups in total. The molecule has 0 saturated carbocycles. The highest BCUT2D eigenvalue weighted by molar-refractivity contribution is 7.98. The van der Waals surface area contributed by atoms with Crippen LogP contribution in [0, 0.1) is 6.92 Å². The van der Waals surface area contributed by atoms with Crippen LogP contribution in [0.15, 0.2) is 71.4 Å². The summed E-state index contributed by atoms with van der Waals surface area (Å²) in [4.78, 5) is 24.6. The van der Waals surface area contributed by atoms with E-state index in [1.54, 1.807) is 50.0 Å². The van der Waals surface area contributed by atoms with Crippen LogP contribution >= 0.6 is 23.4 Å². The smallest absolute Gasteiger partial charge is 0.412 e. The predicted molar refractivity (Wildman–Crippen MR) is 148 cm³/mol. The lowest BCUT2D eigenvalue weighted by molar-refractivity contribution is -0.115. The summed E-state index contributed by atoms with van der Waals surface area (Å²) < 4.78 is 11.0. The number of amides is 2. The van der Waals surface area contributed by atoms with Crippen LogP contribution in [0.3, 0.4) is 0 Å². The third-order valence-electron chi connectivity index (χ3n) is 5.51. The van der Waals surface area contributed by atoms with Crippen molar-refractivity contribution in [2.45, 2.75) is 32.1 Å². The van der Waals surface area contributed by atoms with Crippen molar-refractivity contribution in [1.29, 1.82) is 0 Å². The molecular weight excluding hydrogens is 526 g/mol. The average Bonchev–Trinajstić information content (AvgIpc) is 3.27. The quantitative estimate of drug-likeness (QED) is 0.210. The van der Waals surface area contributed by atoms with Crippen LogP contribution in [0.5, 0.6) is 0 Å². The summed E-state index contributed by atoms with van der Waals surface area (Å²) in [6.07, 6.45) is 0.746. The van der Waals surface area contributed by atoms with Gasteiger partial charge in [-0.1, -0.05) is 59.2 Å². The molecule has 1 atom stereocenters. The number of anilines is 2. The molecule has 0 bridgehead atoms. The molecule has 0 saturated heterocycles. The molecule has 2 heterocycles. The first-order valence-corrected chi connectivity index (χ1v) is 13.4. The lowest BCUT2D eigenvalue weighted by atomic mass is 10.1. The van der Waals surface area contributed by atoms with E-state index < -0.39 is 12.2 Å². The van der Waals surface area contributed by atoms with E-state index in [-0.39, 0.29) is 5.91 Å². The average molecular weight is 552 g/mol. The van der Waals surface area contributed by atoms with Crippen LogP contribution < -0.4 is 10.6 Å². The fraction of sp³-hybridized carbons (Fsp3) is 0.222. The number of halogens is 1. The second kappa shape index (κ2) is 13.1. The Kier molecular flexibility index (Phi) is 9.34. The first-order chi connectivity index (χ1) is 18.4. The largest absolute Gasteiger partial charge is 0.441 e. The molecule has 38 heavy (non-hydrogen) atoms. The fourth-order valence-electron chi connectivity index (χ4n) is 3.56. The zero-order valence-corrected chi connectivity index (χ0v) is 22.4. The Bertz CT molecular complexity index is 1380. The summed E-state index contributed by atoms with van der Waals surface area (Å²) in [6, 6.07) is 18.4. The molecule has 196 valence electrons. The number of hydrogen-bond acceptors (Lipinski definition) is 8. The van der Waals surface area contributed by atoms with E-state index in [9.17, 15) is 9.59 Å². The third kappa shape index (κ3) is 7.33. The molecule has 0 spiro atoms. The first-order valence-electron chi connectivity index (χ1n) is 11.8. The SMILES string of the molecule is Cc1noc(-c2ccc(CSCCC(=O)Nc3cccnn3)cc2)c1NC(=O)O[C@H](C)c1ccccc1Cl. The van der Waals surface area contributed by atoms with Crippen LogP contribution in [-0.2, 0) is 15.3 Å². The maximum atomic E-state index is 12.6. The zero-order chi connectivity index (χ0) is 26.9. The van der Waals surface area contributed by atoms with E-state index in [2.05, 4.69) is 26.0 Å². The first kappa shape index (κ1) is 27.2. The minimum atomic E-state index is -0.638. The number of rotatable bonds is 10. The molecule has 11 heteroatoms. The maximum absolute atomic E-state index is 12.6. The molecule has 0 aliphatic rings. The number of hydrogen-bond donors (Lipinski definition) is 2. The Labute approximate surface area is 229 Å². The Hall–Kier alpha value is -3.89. The Morgan fingerprint density at radius 2 is 1.87 bits per heavy atom. The lowest BCUT2D eigenvalue weighted by Crippen LogP contribution is -2.17. The normalized spacial score (nSPS) is 11.6. The molecule has 0 aliphatic heterocycles. The second-order valence-electron chi connectivity index (χ2n) is 8.32. The minimum Gasteiger partial charge on any atom is -0.441 e. The third-order valence-corrected chi connectivity index (χ3v) is 6.89. The van der Waals surface area contributed by atoms with E-state index in [0.29, 0.717) is 45.7 Å². The topological polar surface area (TPSA) is 119 Å². The van der Waals surface area contributed by atoms with Crippen LogP contribution in [0.1, 0.15) is 36.3 Å². The Balaban J connectivity index is 1.29. The summed E-state index contributed by atoms with van der Waals surface area (Å²) >= 11 is 7.86. The summed E-state index contributed by atoms with van der Waals surface area (Å²) in [6.45, 7) is 3.49. The number of ether oxygens (including phenoxy) is 1. The van der Waals surface area contributed by atoms with Crippen molar-refractivity contribution in [1.82, 2.24) is 15.4 Å². The van der Waals surface area contributed by atoms with E-state index in [1.165, 1.54) is 0 Å². The monoisotopic (exact) mass is 551 g/mol. The highest BCUT2D eigenvalue weighted by Crippen LogP contribution is 2.32.